The van der Waals surface area contributed by atoms with Crippen LogP contribution in [-0.2, 0) is 9.53 Å². The molecule has 3 nitrogen and oxygen atoms in total. The summed E-state index contributed by atoms with van der Waals surface area (Å²) in [5, 5.41) is 3.01. The summed E-state index contributed by atoms with van der Waals surface area (Å²) in [5.74, 6) is 0.147. The van der Waals surface area contributed by atoms with E-state index in [9.17, 15) is 4.79 Å². The Balaban J connectivity index is 2.36. The number of nitrogens with one attached hydrogen (secondary N) is 1. The van der Waals surface area contributed by atoms with Gasteiger partial charge in [0.15, 0.2) is 6.23 Å². The molecule has 1 saturated heterocycles. The third-order valence-electron chi connectivity index (χ3n) is 2.78. The van der Waals surface area contributed by atoms with Crippen molar-refractivity contribution in [3.63, 3.8) is 0 Å². The van der Waals surface area contributed by atoms with Crippen molar-refractivity contribution >= 4 is 12.0 Å². The summed E-state index contributed by atoms with van der Waals surface area (Å²) in [6, 6.07) is 8.09. The fraction of sp³-hybridized carbons (Fsp3) is 0.357. The van der Waals surface area contributed by atoms with Crippen LogP contribution in [0.15, 0.2) is 30.0 Å². The predicted molar refractivity (Wildman–Crippen MR) is 67.2 cm³/mol. The predicted octanol–water partition coefficient (Wildman–Crippen LogP) is 2.64. The minimum Gasteiger partial charge on any atom is -0.437 e. The number of hydrogen-bond donors (Lipinski definition) is 1. The molecule has 0 radical (unpaired) electrons. The first-order valence-electron chi connectivity index (χ1n) is 5.86. The van der Waals surface area contributed by atoms with Crippen LogP contribution >= 0.6 is 0 Å². The smallest absolute Gasteiger partial charge is 0.356 e. The average Bonchev–Trinajstić information content (AvgIpc) is 2.58. The van der Waals surface area contributed by atoms with E-state index >= 15 is 0 Å². The van der Waals surface area contributed by atoms with Gasteiger partial charge in [-0.15, -0.1) is 0 Å². The van der Waals surface area contributed by atoms with E-state index in [-0.39, 0.29) is 12.2 Å². The SMILES string of the molecule is CC1N/C(=C\c2ccccc2C(C)C)C(=O)O1. The second-order valence-corrected chi connectivity index (χ2v) is 4.53. The molecule has 0 aromatic heterocycles. The molecule has 0 bridgehead atoms. The van der Waals surface area contributed by atoms with Crippen LogP contribution in [0.3, 0.4) is 0 Å². The van der Waals surface area contributed by atoms with Gasteiger partial charge in [0.2, 0.25) is 0 Å². The van der Waals surface area contributed by atoms with Crippen molar-refractivity contribution in [3.05, 3.63) is 41.1 Å². The maximum absolute atomic E-state index is 11.5. The van der Waals surface area contributed by atoms with Gasteiger partial charge in [-0.25, -0.2) is 4.79 Å². The second kappa shape index (κ2) is 4.62. The maximum Gasteiger partial charge on any atom is 0.356 e. The molecule has 0 saturated carbocycles. The summed E-state index contributed by atoms with van der Waals surface area (Å²) < 4.78 is 5.03. The molecule has 1 aliphatic heterocycles. The molecule has 1 aromatic rings. The number of benzene rings is 1. The molecule has 0 aliphatic carbocycles. The van der Waals surface area contributed by atoms with Gasteiger partial charge in [-0.3, -0.25) is 0 Å². The molecule has 1 N–H and O–H groups in total. The van der Waals surface area contributed by atoms with Crippen molar-refractivity contribution in [3.8, 4) is 0 Å². The van der Waals surface area contributed by atoms with Crippen LogP contribution in [0, 0.1) is 0 Å². The Labute approximate surface area is 101 Å². The Morgan fingerprint density at radius 2 is 2.06 bits per heavy atom. The minimum atomic E-state index is -0.281. The van der Waals surface area contributed by atoms with Crippen molar-refractivity contribution in [2.75, 3.05) is 0 Å². The van der Waals surface area contributed by atoms with Gasteiger partial charge in [-0.1, -0.05) is 38.1 Å². The Morgan fingerprint density at radius 3 is 2.65 bits per heavy atom. The van der Waals surface area contributed by atoms with Crippen LogP contribution in [0.1, 0.15) is 37.8 Å². The number of ether oxygens (including phenoxy) is 1. The fourth-order valence-corrected chi connectivity index (χ4v) is 1.96. The lowest BCUT2D eigenvalue weighted by Crippen LogP contribution is -2.16. The highest BCUT2D eigenvalue weighted by Crippen LogP contribution is 2.22. The van der Waals surface area contributed by atoms with Crippen molar-refractivity contribution < 1.29 is 9.53 Å². The lowest BCUT2D eigenvalue weighted by atomic mass is 9.97. The normalized spacial score (nSPS) is 21.8. The van der Waals surface area contributed by atoms with Gasteiger partial charge >= 0.3 is 5.97 Å². The Hall–Kier alpha value is -1.77. The van der Waals surface area contributed by atoms with Crippen molar-refractivity contribution in [1.82, 2.24) is 5.32 Å². The molecule has 0 spiro atoms. The van der Waals surface area contributed by atoms with Crippen LogP contribution in [0.25, 0.3) is 6.08 Å². The summed E-state index contributed by atoms with van der Waals surface area (Å²) in [6.07, 6.45) is 1.63. The van der Waals surface area contributed by atoms with E-state index in [1.54, 1.807) is 0 Å². The molecule has 17 heavy (non-hydrogen) atoms. The zero-order chi connectivity index (χ0) is 12.4. The van der Waals surface area contributed by atoms with Crippen LogP contribution in [-0.4, -0.2) is 12.2 Å². The van der Waals surface area contributed by atoms with Crippen molar-refractivity contribution in [1.29, 1.82) is 0 Å². The average molecular weight is 231 g/mol. The molecule has 90 valence electrons. The Bertz CT molecular complexity index is 463. The van der Waals surface area contributed by atoms with Gasteiger partial charge in [0.25, 0.3) is 0 Å². The largest absolute Gasteiger partial charge is 0.437 e. The monoisotopic (exact) mass is 231 g/mol. The van der Waals surface area contributed by atoms with Crippen molar-refractivity contribution in [2.24, 2.45) is 0 Å². The molecule has 1 fully saturated rings. The maximum atomic E-state index is 11.5. The zero-order valence-corrected chi connectivity index (χ0v) is 10.4. The van der Waals surface area contributed by atoms with E-state index in [1.807, 2.05) is 31.2 Å². The zero-order valence-electron chi connectivity index (χ0n) is 10.4. The van der Waals surface area contributed by atoms with E-state index in [0.29, 0.717) is 11.6 Å². The minimum absolute atomic E-state index is 0.236. The lowest BCUT2D eigenvalue weighted by Gasteiger charge is -2.09. The molecule has 0 amide bonds. The van der Waals surface area contributed by atoms with Gasteiger partial charge in [-0.2, -0.15) is 0 Å². The molecule has 1 unspecified atom stereocenters. The van der Waals surface area contributed by atoms with E-state index in [0.717, 1.165) is 5.56 Å². The first-order chi connectivity index (χ1) is 8.08. The number of carbonyl (C=O) groups is 1. The summed E-state index contributed by atoms with van der Waals surface area (Å²) in [6.45, 7) is 6.09. The first kappa shape index (κ1) is 11.7. The Morgan fingerprint density at radius 1 is 1.35 bits per heavy atom. The lowest BCUT2D eigenvalue weighted by molar-refractivity contribution is -0.138. The van der Waals surface area contributed by atoms with Crippen LogP contribution < -0.4 is 5.32 Å². The number of carbonyl (C=O) groups excluding carboxylic acids is 1. The quantitative estimate of drug-likeness (QED) is 0.628. The summed E-state index contributed by atoms with van der Waals surface area (Å²) in [4.78, 5) is 11.5. The van der Waals surface area contributed by atoms with Gasteiger partial charge in [0, 0.05) is 0 Å². The number of esters is 1. The van der Waals surface area contributed by atoms with E-state index < -0.39 is 0 Å². The molecule has 2 rings (SSSR count). The van der Waals surface area contributed by atoms with E-state index in [4.69, 9.17) is 4.74 Å². The molecule has 1 heterocycles. The van der Waals surface area contributed by atoms with Crippen LogP contribution in [0.5, 0.6) is 0 Å². The first-order valence-corrected chi connectivity index (χ1v) is 5.86. The molecular weight excluding hydrogens is 214 g/mol. The molecular formula is C14H17NO2. The van der Waals surface area contributed by atoms with Gasteiger partial charge < -0.3 is 10.1 Å². The summed E-state index contributed by atoms with van der Waals surface area (Å²) in [7, 11) is 0. The molecule has 1 aliphatic rings. The highest BCUT2D eigenvalue weighted by atomic mass is 16.6. The molecule has 1 atom stereocenters. The van der Waals surface area contributed by atoms with Crippen LogP contribution in [0.2, 0.25) is 0 Å². The third kappa shape index (κ3) is 2.49. The van der Waals surface area contributed by atoms with Crippen LogP contribution in [0.4, 0.5) is 0 Å². The number of rotatable bonds is 2. The standard InChI is InChI=1S/C14H17NO2/c1-9(2)12-7-5-4-6-11(12)8-13-14(16)17-10(3)15-13/h4-10,15H,1-3H3/b13-8-. The summed E-state index contributed by atoms with van der Waals surface area (Å²) in [5.41, 5.74) is 2.83. The van der Waals surface area contributed by atoms with E-state index in [1.165, 1.54) is 5.56 Å². The number of cyclic esters (lactones) is 1. The van der Waals surface area contributed by atoms with Gasteiger partial charge in [0.1, 0.15) is 5.70 Å². The van der Waals surface area contributed by atoms with Crippen molar-refractivity contribution in [2.45, 2.75) is 32.9 Å². The Kier molecular flexibility index (Phi) is 3.18. The molecule has 1 aromatic carbocycles. The third-order valence-corrected chi connectivity index (χ3v) is 2.78. The highest BCUT2D eigenvalue weighted by Gasteiger charge is 2.24. The topological polar surface area (TPSA) is 38.3 Å². The highest BCUT2D eigenvalue weighted by molar-refractivity contribution is 5.95. The van der Waals surface area contributed by atoms with E-state index in [2.05, 4.69) is 25.2 Å². The summed E-state index contributed by atoms with van der Waals surface area (Å²) >= 11 is 0. The molecule has 3 heteroatoms. The fourth-order valence-electron chi connectivity index (χ4n) is 1.96. The second-order valence-electron chi connectivity index (χ2n) is 4.53. The van der Waals surface area contributed by atoms with Gasteiger partial charge in [-0.05, 0) is 30.0 Å². The number of hydrogen-bond acceptors (Lipinski definition) is 3. The van der Waals surface area contributed by atoms with Gasteiger partial charge in [0.05, 0.1) is 0 Å².